The zero-order valence-corrected chi connectivity index (χ0v) is 37.1. The Morgan fingerprint density at radius 3 is 1.42 bits per heavy atom. The summed E-state index contributed by atoms with van der Waals surface area (Å²) in [6, 6.07) is 31.4. The molecule has 336 valence electrons. The second-order valence-electron chi connectivity index (χ2n) is 16.5. The van der Waals surface area contributed by atoms with Gasteiger partial charge in [-0.05, 0) is 99.2 Å². The van der Waals surface area contributed by atoms with Crippen LogP contribution in [0.25, 0.3) is 4.85 Å². The lowest BCUT2D eigenvalue weighted by atomic mass is 10.0. The summed E-state index contributed by atoms with van der Waals surface area (Å²) >= 11 is 0. The predicted molar refractivity (Wildman–Crippen MR) is 256 cm³/mol. The fraction of sp³-hybridized carbons (Fsp3) is 0.269. The third-order valence-corrected chi connectivity index (χ3v) is 11.6. The summed E-state index contributed by atoms with van der Waals surface area (Å²) < 4.78 is 12.3. The number of benzene rings is 4. The first kappa shape index (κ1) is 46.2. The van der Waals surface area contributed by atoms with Crippen LogP contribution in [0.2, 0.25) is 0 Å². The molecule has 0 unspecified atom stereocenters. The number of hydrogen-bond donors (Lipinski definition) is 8. The van der Waals surface area contributed by atoms with Gasteiger partial charge in [0.25, 0.3) is 0 Å². The molecule has 0 bridgehead atoms. The zero-order chi connectivity index (χ0) is 46.7. The Bertz CT molecular complexity index is 2770. The molecule has 0 saturated heterocycles. The molecule has 0 aliphatic heterocycles. The number of nitrogen functional groups attached to an aromatic ring is 2. The van der Waals surface area contributed by atoms with Crippen LogP contribution >= 0.6 is 0 Å². The van der Waals surface area contributed by atoms with Crippen molar-refractivity contribution >= 4 is 28.7 Å². The summed E-state index contributed by atoms with van der Waals surface area (Å²) in [4.78, 5) is 13.2. The Morgan fingerprint density at radius 1 is 0.667 bits per heavy atom. The number of nitrogens with zero attached hydrogens (tertiary/aromatic N) is 4. The molecule has 8 rings (SSSR count). The highest BCUT2D eigenvalue weighted by Gasteiger charge is 2.32. The minimum atomic E-state index is -0.151. The van der Waals surface area contributed by atoms with E-state index in [-0.39, 0.29) is 24.9 Å². The number of nitriles is 1. The van der Waals surface area contributed by atoms with E-state index in [9.17, 15) is 10.2 Å². The molecular formula is C52H54N10O4. The average Bonchev–Trinajstić information content (AvgIpc) is 4.28. The minimum absolute atomic E-state index is 0.0267. The van der Waals surface area contributed by atoms with Gasteiger partial charge in [0.15, 0.2) is 5.69 Å². The Balaban J connectivity index is 0.000000197. The Hall–Kier alpha value is -7.78. The maximum Gasteiger partial charge on any atom is 0.187 e. The quantitative estimate of drug-likeness (QED) is 0.0230. The van der Waals surface area contributed by atoms with Crippen LogP contribution < -0.4 is 31.6 Å². The van der Waals surface area contributed by atoms with Crippen LogP contribution in [0.15, 0.2) is 97.1 Å². The molecule has 2 aliphatic carbocycles. The van der Waals surface area contributed by atoms with E-state index in [0.717, 1.165) is 93.2 Å². The molecule has 66 heavy (non-hydrogen) atoms. The van der Waals surface area contributed by atoms with Gasteiger partial charge in [-0.2, -0.15) is 5.26 Å². The number of aromatic nitrogens is 2. The van der Waals surface area contributed by atoms with Crippen molar-refractivity contribution in [1.82, 2.24) is 9.97 Å². The molecule has 14 nitrogen and oxygen atoms in total. The van der Waals surface area contributed by atoms with Gasteiger partial charge in [0.2, 0.25) is 0 Å². The molecule has 14 heteroatoms. The maximum atomic E-state index is 10.3. The number of anilines is 2. The summed E-state index contributed by atoms with van der Waals surface area (Å²) in [5.41, 5.74) is 24.3. The van der Waals surface area contributed by atoms with E-state index >= 15 is 0 Å². The van der Waals surface area contributed by atoms with Crippen molar-refractivity contribution in [2.45, 2.75) is 90.9 Å². The highest BCUT2D eigenvalue weighted by atomic mass is 16.5. The number of ether oxygens (including phenoxy) is 2. The SMILES string of the molecule is Cc1nc(C2CC2)c(CNc2ccc(C(=N)N)cc2)c(CO)c1OCc1ccc(C(=N)N)cc1.[C-]#[N+]c1ccc(COc2c(C)nc(C3CC3)c(CNc3ccc(C#N)cc3)c2CO)cc1. The number of aliphatic hydroxyl groups excluding tert-OH is 2. The summed E-state index contributed by atoms with van der Waals surface area (Å²) in [6.45, 7) is 12.3. The Kier molecular flexibility index (Phi) is 14.9. The predicted octanol–water partition coefficient (Wildman–Crippen LogP) is 8.89. The number of nitrogens with one attached hydrogen (secondary N) is 4. The van der Waals surface area contributed by atoms with Crippen molar-refractivity contribution in [3.8, 4) is 17.6 Å². The maximum absolute atomic E-state index is 10.3. The number of amidine groups is 2. The number of nitrogens with two attached hydrogens (primary N) is 2. The monoisotopic (exact) mass is 882 g/mol. The largest absolute Gasteiger partial charge is 0.487 e. The second kappa shape index (κ2) is 21.3. The van der Waals surface area contributed by atoms with E-state index in [1.54, 1.807) is 48.5 Å². The van der Waals surface area contributed by atoms with Crippen molar-refractivity contribution < 1.29 is 19.7 Å². The van der Waals surface area contributed by atoms with E-state index in [2.05, 4.69) is 21.5 Å². The molecule has 2 aromatic heterocycles. The molecule has 2 aliphatic rings. The number of pyridine rings is 2. The van der Waals surface area contributed by atoms with Gasteiger partial charge in [-0.15, -0.1) is 0 Å². The second-order valence-corrected chi connectivity index (χ2v) is 16.5. The molecule has 2 heterocycles. The van der Waals surface area contributed by atoms with Gasteiger partial charge in [0.05, 0.1) is 42.8 Å². The first-order valence-electron chi connectivity index (χ1n) is 21.8. The van der Waals surface area contributed by atoms with Crippen LogP contribution in [0.1, 0.15) is 110 Å². The fourth-order valence-electron chi connectivity index (χ4n) is 7.69. The molecule has 2 fully saturated rings. The standard InChI is InChI=1S/C26H30N6O2.C26H24N4O2/c1-15-24(34-14-16-2-4-18(5-3-16)25(27)28)22(13-33)21(23(32-15)17-6-7-17)12-31-20-10-8-19(9-11-20)26(29)30;1-17-26(32-16-19-5-9-21(28-2)10-6-19)24(15-31)23(25(30-17)20-7-8-20)14-29-22-11-3-18(13-27)4-12-22/h2-5,8-11,17,31,33H,6-7,12-14H2,1H3,(H3,27,28)(H3,29,30);3-6,9-12,20,29,31H,7-8,14-16H2,1H3. The highest BCUT2D eigenvalue weighted by Crippen LogP contribution is 2.45. The summed E-state index contributed by atoms with van der Waals surface area (Å²) in [7, 11) is 0. The Morgan fingerprint density at radius 2 is 1.06 bits per heavy atom. The first-order valence-corrected chi connectivity index (χ1v) is 21.8. The minimum Gasteiger partial charge on any atom is -0.487 e. The molecule has 6 aromatic rings. The van der Waals surface area contributed by atoms with Crippen LogP contribution in [-0.4, -0.2) is 31.9 Å². The summed E-state index contributed by atoms with van der Waals surface area (Å²) in [6.07, 6.45) is 4.41. The number of hydrogen-bond acceptors (Lipinski definition) is 11. The highest BCUT2D eigenvalue weighted by molar-refractivity contribution is 5.95. The number of rotatable bonds is 18. The lowest BCUT2D eigenvalue weighted by Gasteiger charge is -2.20. The van der Waals surface area contributed by atoms with Crippen LogP contribution in [0.5, 0.6) is 11.5 Å². The molecule has 0 amide bonds. The van der Waals surface area contributed by atoms with Gasteiger partial charge < -0.3 is 41.8 Å². The van der Waals surface area contributed by atoms with E-state index < -0.39 is 0 Å². The van der Waals surface area contributed by atoms with E-state index in [4.69, 9.17) is 53.6 Å². The number of aliphatic hydroxyl groups is 2. The van der Waals surface area contributed by atoms with Crippen molar-refractivity contribution in [1.29, 1.82) is 16.1 Å². The van der Waals surface area contributed by atoms with Crippen molar-refractivity contribution in [2.75, 3.05) is 10.6 Å². The van der Waals surface area contributed by atoms with Gasteiger partial charge in [-0.3, -0.25) is 20.8 Å². The topological polar surface area (TPSA) is 237 Å². The number of aryl methyl sites for hydroxylation is 2. The van der Waals surface area contributed by atoms with E-state index in [1.165, 1.54) is 0 Å². The third-order valence-electron chi connectivity index (χ3n) is 11.6. The Labute approximate surface area is 385 Å². The van der Waals surface area contributed by atoms with Crippen LogP contribution in [0, 0.1) is 42.6 Å². The van der Waals surface area contributed by atoms with Gasteiger partial charge in [0.1, 0.15) is 36.4 Å². The molecule has 0 spiro atoms. The van der Waals surface area contributed by atoms with Crippen molar-refractivity contribution in [3.63, 3.8) is 0 Å². The van der Waals surface area contributed by atoms with E-state index in [0.29, 0.717) is 72.0 Å². The third kappa shape index (κ3) is 11.5. The van der Waals surface area contributed by atoms with Crippen LogP contribution in [0.4, 0.5) is 17.1 Å². The van der Waals surface area contributed by atoms with Crippen LogP contribution in [0.3, 0.4) is 0 Å². The summed E-state index contributed by atoms with van der Waals surface area (Å²) in [5, 5.41) is 51.5. The van der Waals surface area contributed by atoms with Gasteiger partial charge in [0, 0.05) is 81.1 Å². The van der Waals surface area contributed by atoms with Gasteiger partial charge in [-0.25, -0.2) is 4.85 Å². The lowest BCUT2D eigenvalue weighted by molar-refractivity contribution is 0.255. The van der Waals surface area contributed by atoms with Crippen molar-refractivity contribution in [3.05, 3.63) is 181 Å². The van der Waals surface area contributed by atoms with E-state index in [1.807, 2.05) is 62.4 Å². The van der Waals surface area contributed by atoms with Gasteiger partial charge >= 0.3 is 0 Å². The smallest absolute Gasteiger partial charge is 0.187 e. The molecule has 10 N–H and O–H groups in total. The fourth-order valence-corrected chi connectivity index (χ4v) is 7.69. The first-order chi connectivity index (χ1) is 32.0. The summed E-state index contributed by atoms with van der Waals surface area (Å²) in [5.74, 6) is 2.11. The lowest BCUT2D eigenvalue weighted by Crippen LogP contribution is -2.13. The molecule has 2 saturated carbocycles. The zero-order valence-electron chi connectivity index (χ0n) is 37.1. The molecular weight excluding hydrogens is 829 g/mol. The van der Waals surface area contributed by atoms with Crippen molar-refractivity contribution in [2.24, 2.45) is 11.5 Å². The van der Waals surface area contributed by atoms with Gasteiger partial charge in [-0.1, -0.05) is 48.5 Å². The molecule has 0 atom stereocenters. The average molecular weight is 883 g/mol. The molecule has 4 aromatic carbocycles. The van der Waals surface area contributed by atoms with Crippen LogP contribution in [-0.2, 0) is 39.5 Å². The normalized spacial score (nSPS) is 12.8. The molecule has 0 radical (unpaired) electrons.